The highest BCUT2D eigenvalue weighted by molar-refractivity contribution is 6.04. The van der Waals surface area contributed by atoms with Crippen LogP contribution in [0.1, 0.15) is 24.2 Å². The quantitative estimate of drug-likeness (QED) is 0.711. The number of amides is 1. The Hall–Kier alpha value is -3.41. The van der Waals surface area contributed by atoms with Gasteiger partial charge >= 0.3 is 0 Å². The van der Waals surface area contributed by atoms with Gasteiger partial charge in [0.15, 0.2) is 0 Å². The van der Waals surface area contributed by atoms with Crippen LogP contribution in [0.4, 0.5) is 5.82 Å². The molecule has 0 radical (unpaired) electrons. The Morgan fingerprint density at radius 2 is 1.63 bits per heavy atom. The topological polar surface area (TPSA) is 73.3 Å². The van der Waals surface area contributed by atoms with Gasteiger partial charge in [-0.15, -0.1) is 0 Å². The zero-order valence-corrected chi connectivity index (χ0v) is 15.5. The van der Waals surface area contributed by atoms with E-state index in [0.717, 1.165) is 17.1 Å². The van der Waals surface area contributed by atoms with Gasteiger partial charge in [0.05, 0.1) is 18.9 Å². The van der Waals surface area contributed by atoms with E-state index in [1.807, 2.05) is 38.1 Å². The number of nitrogens with zero attached hydrogens (tertiary/aromatic N) is 2. The summed E-state index contributed by atoms with van der Waals surface area (Å²) in [6.45, 7) is 3.91. The summed E-state index contributed by atoms with van der Waals surface area (Å²) in [5, 5.41) is 2.80. The Morgan fingerprint density at radius 3 is 2.26 bits per heavy atom. The molecule has 27 heavy (non-hydrogen) atoms. The largest absolute Gasteiger partial charge is 0.497 e. The molecule has 0 spiro atoms. The van der Waals surface area contributed by atoms with Crippen LogP contribution in [0.15, 0.2) is 60.9 Å². The fourth-order valence-electron chi connectivity index (χ4n) is 2.49. The van der Waals surface area contributed by atoms with E-state index >= 15 is 0 Å². The third kappa shape index (κ3) is 4.82. The van der Waals surface area contributed by atoms with Crippen LogP contribution >= 0.6 is 0 Å². The molecule has 1 heterocycles. The number of carbonyl (C=O) groups excluding carboxylic acids is 1. The van der Waals surface area contributed by atoms with Gasteiger partial charge in [0.25, 0.3) is 5.91 Å². The molecule has 6 heteroatoms. The van der Waals surface area contributed by atoms with Crippen molar-refractivity contribution in [2.24, 2.45) is 0 Å². The number of ether oxygens (including phenoxy) is 2. The number of aromatic nitrogens is 2. The number of carbonyl (C=O) groups is 1. The first kappa shape index (κ1) is 18.4. The van der Waals surface area contributed by atoms with Crippen molar-refractivity contribution in [1.29, 1.82) is 0 Å². The summed E-state index contributed by atoms with van der Waals surface area (Å²) in [6.07, 6.45) is 1.51. The molecule has 0 saturated heterocycles. The molecule has 3 aromatic rings. The highest BCUT2D eigenvalue weighted by Crippen LogP contribution is 2.22. The lowest BCUT2D eigenvalue weighted by Gasteiger charge is -2.10. The van der Waals surface area contributed by atoms with Crippen molar-refractivity contribution in [2.45, 2.75) is 20.0 Å². The van der Waals surface area contributed by atoms with Crippen LogP contribution < -0.4 is 14.8 Å². The molecule has 0 aliphatic carbocycles. The minimum Gasteiger partial charge on any atom is -0.497 e. The first-order chi connectivity index (χ1) is 13.0. The molecular weight excluding hydrogens is 342 g/mol. The SMILES string of the molecule is COc1ccc(-c2cc(NC(=O)c3ccc(OC(C)C)cc3)ncn2)cc1. The lowest BCUT2D eigenvalue weighted by molar-refractivity contribution is 0.102. The summed E-state index contributed by atoms with van der Waals surface area (Å²) < 4.78 is 10.7. The fraction of sp³-hybridized carbons (Fsp3) is 0.190. The van der Waals surface area contributed by atoms with Crippen LogP contribution in [0.3, 0.4) is 0 Å². The van der Waals surface area contributed by atoms with Crippen LogP contribution in [-0.4, -0.2) is 29.1 Å². The number of methoxy groups -OCH3 is 1. The summed E-state index contributed by atoms with van der Waals surface area (Å²) in [5.74, 6) is 1.69. The molecule has 0 aliphatic heterocycles. The van der Waals surface area contributed by atoms with Crippen molar-refractivity contribution in [1.82, 2.24) is 9.97 Å². The van der Waals surface area contributed by atoms with Gasteiger partial charge in [0.2, 0.25) is 0 Å². The molecule has 0 unspecified atom stereocenters. The van der Waals surface area contributed by atoms with E-state index in [2.05, 4.69) is 15.3 Å². The zero-order chi connectivity index (χ0) is 19.2. The molecule has 1 amide bonds. The summed E-state index contributed by atoms with van der Waals surface area (Å²) in [7, 11) is 1.62. The summed E-state index contributed by atoms with van der Waals surface area (Å²) in [5.41, 5.74) is 2.14. The maximum Gasteiger partial charge on any atom is 0.256 e. The van der Waals surface area contributed by atoms with E-state index in [1.54, 1.807) is 37.4 Å². The molecule has 0 aliphatic rings. The van der Waals surface area contributed by atoms with Gasteiger partial charge in [-0.1, -0.05) is 0 Å². The molecule has 0 fully saturated rings. The monoisotopic (exact) mass is 363 g/mol. The number of rotatable bonds is 6. The lowest BCUT2D eigenvalue weighted by Crippen LogP contribution is -2.13. The van der Waals surface area contributed by atoms with Crippen molar-refractivity contribution < 1.29 is 14.3 Å². The Kier molecular flexibility index (Phi) is 5.66. The van der Waals surface area contributed by atoms with Crippen LogP contribution in [0.2, 0.25) is 0 Å². The zero-order valence-electron chi connectivity index (χ0n) is 15.5. The second-order valence-electron chi connectivity index (χ2n) is 6.16. The van der Waals surface area contributed by atoms with Crippen LogP contribution in [-0.2, 0) is 0 Å². The molecule has 1 aromatic heterocycles. The van der Waals surface area contributed by atoms with Gasteiger partial charge in [0.1, 0.15) is 23.6 Å². The van der Waals surface area contributed by atoms with Crippen molar-refractivity contribution in [2.75, 3.05) is 12.4 Å². The minimum atomic E-state index is -0.245. The Bertz CT molecular complexity index is 907. The highest BCUT2D eigenvalue weighted by Gasteiger charge is 2.09. The van der Waals surface area contributed by atoms with Crippen molar-refractivity contribution in [3.63, 3.8) is 0 Å². The lowest BCUT2D eigenvalue weighted by atomic mass is 10.1. The Balaban J connectivity index is 1.72. The highest BCUT2D eigenvalue weighted by atomic mass is 16.5. The van der Waals surface area contributed by atoms with Gasteiger partial charge in [-0.2, -0.15) is 0 Å². The van der Waals surface area contributed by atoms with E-state index in [-0.39, 0.29) is 12.0 Å². The van der Waals surface area contributed by atoms with E-state index in [0.29, 0.717) is 17.1 Å². The second-order valence-corrected chi connectivity index (χ2v) is 6.16. The van der Waals surface area contributed by atoms with Crippen LogP contribution in [0.25, 0.3) is 11.3 Å². The summed E-state index contributed by atoms with van der Waals surface area (Å²) >= 11 is 0. The molecular formula is C21H21N3O3. The fourth-order valence-corrected chi connectivity index (χ4v) is 2.49. The number of nitrogens with one attached hydrogen (secondary N) is 1. The van der Waals surface area contributed by atoms with Gasteiger partial charge in [0, 0.05) is 17.2 Å². The average molecular weight is 363 g/mol. The molecule has 0 bridgehead atoms. The predicted molar refractivity (Wildman–Crippen MR) is 104 cm³/mol. The number of anilines is 1. The molecule has 2 aromatic carbocycles. The maximum absolute atomic E-state index is 12.5. The van der Waals surface area contributed by atoms with E-state index < -0.39 is 0 Å². The standard InChI is InChI=1S/C21H21N3O3/c1-14(2)27-18-10-6-16(7-11-18)21(25)24-20-12-19(22-13-23-20)15-4-8-17(26-3)9-5-15/h4-14H,1-3H3,(H,22,23,24,25). The molecule has 0 saturated carbocycles. The summed E-state index contributed by atoms with van der Waals surface area (Å²) in [4.78, 5) is 20.8. The third-order valence-corrected chi connectivity index (χ3v) is 3.78. The minimum absolute atomic E-state index is 0.0853. The average Bonchev–Trinajstić information content (AvgIpc) is 2.68. The van der Waals surface area contributed by atoms with Crippen molar-refractivity contribution >= 4 is 11.7 Å². The van der Waals surface area contributed by atoms with Gasteiger partial charge in [-0.3, -0.25) is 4.79 Å². The van der Waals surface area contributed by atoms with Crippen LogP contribution in [0, 0.1) is 0 Å². The normalized spacial score (nSPS) is 10.5. The molecule has 6 nitrogen and oxygen atoms in total. The van der Waals surface area contributed by atoms with Crippen molar-refractivity contribution in [3.8, 4) is 22.8 Å². The van der Waals surface area contributed by atoms with Crippen LogP contribution in [0.5, 0.6) is 11.5 Å². The first-order valence-electron chi connectivity index (χ1n) is 8.59. The summed E-state index contributed by atoms with van der Waals surface area (Å²) in [6, 6.07) is 16.2. The number of benzene rings is 2. The van der Waals surface area contributed by atoms with E-state index in [4.69, 9.17) is 9.47 Å². The molecule has 0 atom stereocenters. The smallest absolute Gasteiger partial charge is 0.256 e. The first-order valence-corrected chi connectivity index (χ1v) is 8.59. The maximum atomic E-state index is 12.5. The molecule has 1 N–H and O–H groups in total. The second kappa shape index (κ2) is 8.31. The van der Waals surface area contributed by atoms with E-state index in [1.165, 1.54) is 6.33 Å². The van der Waals surface area contributed by atoms with E-state index in [9.17, 15) is 4.79 Å². The van der Waals surface area contributed by atoms with Gasteiger partial charge in [-0.25, -0.2) is 9.97 Å². The molecule has 3 rings (SSSR count). The number of hydrogen-bond donors (Lipinski definition) is 1. The predicted octanol–water partition coefficient (Wildman–Crippen LogP) is 4.19. The third-order valence-electron chi connectivity index (χ3n) is 3.78. The number of hydrogen-bond acceptors (Lipinski definition) is 5. The molecule has 138 valence electrons. The van der Waals surface area contributed by atoms with Gasteiger partial charge < -0.3 is 14.8 Å². The Morgan fingerprint density at radius 1 is 0.963 bits per heavy atom. The Labute approximate surface area is 158 Å². The van der Waals surface area contributed by atoms with Crippen molar-refractivity contribution in [3.05, 3.63) is 66.5 Å². The van der Waals surface area contributed by atoms with Gasteiger partial charge in [-0.05, 0) is 62.4 Å².